The second-order valence-electron chi connectivity index (χ2n) is 9.48. The molecule has 2 aliphatic rings. The standard InChI is InChI=1S/C26H33N7O2/c1-32(2)26-29-15-19(16-30-26)23(33-10-12-35-13-11-33)17-28-25(34)21-4-3-5-22-20(21)8-9-24(31-22)27-14-18-6-7-18/h3-5,8-9,15-16,18,23H,6-7,10-14,17H2,1-2H3,(H,27,31)(H,28,34). The van der Waals surface area contributed by atoms with Crippen LogP contribution in [0, 0.1) is 5.92 Å². The number of aromatic nitrogens is 3. The van der Waals surface area contributed by atoms with Gasteiger partial charge in [-0.05, 0) is 43.0 Å². The maximum Gasteiger partial charge on any atom is 0.252 e. The van der Waals surface area contributed by atoms with Crippen LogP contribution in [0.25, 0.3) is 10.9 Å². The zero-order valence-electron chi connectivity index (χ0n) is 20.4. The maximum atomic E-state index is 13.3. The van der Waals surface area contributed by atoms with Gasteiger partial charge in [0.05, 0.1) is 24.8 Å². The first kappa shape index (κ1) is 23.4. The highest BCUT2D eigenvalue weighted by Crippen LogP contribution is 2.29. The quantitative estimate of drug-likeness (QED) is 0.488. The summed E-state index contributed by atoms with van der Waals surface area (Å²) in [5.41, 5.74) is 2.42. The lowest BCUT2D eigenvalue weighted by atomic mass is 10.1. The molecule has 2 aromatic heterocycles. The van der Waals surface area contributed by atoms with E-state index < -0.39 is 0 Å². The SMILES string of the molecule is CN(C)c1ncc(C(CNC(=O)c2cccc3nc(NCC4CC4)ccc23)N2CCOCC2)cn1. The van der Waals surface area contributed by atoms with Gasteiger partial charge in [-0.15, -0.1) is 0 Å². The molecule has 35 heavy (non-hydrogen) atoms. The van der Waals surface area contributed by atoms with E-state index in [0.29, 0.717) is 31.3 Å². The van der Waals surface area contributed by atoms with Crippen molar-refractivity contribution in [1.82, 2.24) is 25.2 Å². The van der Waals surface area contributed by atoms with E-state index in [4.69, 9.17) is 9.72 Å². The summed E-state index contributed by atoms with van der Waals surface area (Å²) in [6, 6.07) is 9.61. The van der Waals surface area contributed by atoms with Gasteiger partial charge < -0.3 is 20.3 Å². The molecule has 1 unspecified atom stereocenters. The third kappa shape index (κ3) is 5.68. The Morgan fingerprint density at radius 2 is 1.91 bits per heavy atom. The number of morpholine rings is 1. The first-order valence-electron chi connectivity index (χ1n) is 12.3. The van der Waals surface area contributed by atoms with Crippen molar-refractivity contribution in [3.8, 4) is 0 Å². The van der Waals surface area contributed by atoms with Gasteiger partial charge in [0.2, 0.25) is 5.95 Å². The van der Waals surface area contributed by atoms with Gasteiger partial charge in [-0.1, -0.05) is 6.07 Å². The average Bonchev–Trinajstić information content (AvgIpc) is 3.72. The van der Waals surface area contributed by atoms with E-state index in [-0.39, 0.29) is 11.9 Å². The Balaban J connectivity index is 1.32. The van der Waals surface area contributed by atoms with E-state index in [1.54, 1.807) is 0 Å². The van der Waals surface area contributed by atoms with Crippen molar-refractivity contribution in [2.75, 3.05) is 63.7 Å². The lowest BCUT2D eigenvalue weighted by Gasteiger charge is -2.34. The predicted octanol–water partition coefficient (Wildman–Crippen LogP) is 2.72. The van der Waals surface area contributed by atoms with Crippen LogP contribution in [0.4, 0.5) is 11.8 Å². The highest BCUT2D eigenvalue weighted by Gasteiger charge is 2.25. The molecule has 0 radical (unpaired) electrons. The normalized spacial score (nSPS) is 17.2. The smallest absolute Gasteiger partial charge is 0.252 e. The molecule has 9 nitrogen and oxygen atoms in total. The minimum absolute atomic E-state index is 0.0367. The van der Waals surface area contributed by atoms with Gasteiger partial charge in [0.15, 0.2) is 0 Å². The van der Waals surface area contributed by atoms with Crippen LogP contribution in [-0.2, 0) is 4.74 Å². The third-order valence-electron chi connectivity index (χ3n) is 6.63. The van der Waals surface area contributed by atoms with Crippen LogP contribution in [0.2, 0.25) is 0 Å². The Hall–Kier alpha value is -3.30. The van der Waals surface area contributed by atoms with Gasteiger partial charge >= 0.3 is 0 Å². The highest BCUT2D eigenvalue weighted by molar-refractivity contribution is 6.06. The highest BCUT2D eigenvalue weighted by atomic mass is 16.5. The van der Waals surface area contributed by atoms with E-state index in [9.17, 15) is 4.79 Å². The number of rotatable bonds is 9. The Kier molecular flexibility index (Phi) is 7.06. The van der Waals surface area contributed by atoms with Crippen molar-refractivity contribution in [2.24, 2.45) is 5.92 Å². The van der Waals surface area contributed by atoms with E-state index >= 15 is 0 Å². The number of carbonyl (C=O) groups excluding carboxylic acids is 1. The number of hydrogen-bond acceptors (Lipinski definition) is 8. The average molecular weight is 476 g/mol. The molecule has 0 spiro atoms. The summed E-state index contributed by atoms with van der Waals surface area (Å²) in [5, 5.41) is 7.42. The molecular formula is C26H33N7O2. The number of anilines is 2. The largest absolute Gasteiger partial charge is 0.379 e. The summed E-state index contributed by atoms with van der Waals surface area (Å²) in [4.78, 5) is 31.2. The number of fused-ring (bicyclic) bond motifs is 1. The number of ether oxygens (including phenoxy) is 1. The molecule has 0 bridgehead atoms. The second kappa shape index (κ2) is 10.5. The summed E-state index contributed by atoms with van der Waals surface area (Å²) in [6.07, 6.45) is 6.30. The number of amides is 1. The molecule has 2 N–H and O–H groups in total. The van der Waals surface area contributed by atoms with Crippen molar-refractivity contribution < 1.29 is 9.53 Å². The van der Waals surface area contributed by atoms with Crippen molar-refractivity contribution in [1.29, 1.82) is 0 Å². The summed E-state index contributed by atoms with van der Waals surface area (Å²) in [6.45, 7) is 4.35. The summed E-state index contributed by atoms with van der Waals surface area (Å²) in [7, 11) is 3.83. The van der Waals surface area contributed by atoms with E-state index in [0.717, 1.165) is 47.8 Å². The number of benzene rings is 1. The molecule has 1 saturated heterocycles. The fourth-order valence-corrected chi connectivity index (χ4v) is 4.39. The summed E-state index contributed by atoms with van der Waals surface area (Å²) >= 11 is 0. The minimum Gasteiger partial charge on any atom is -0.379 e. The summed E-state index contributed by atoms with van der Waals surface area (Å²) in [5.74, 6) is 2.18. The Morgan fingerprint density at radius 1 is 1.14 bits per heavy atom. The van der Waals surface area contributed by atoms with Crippen LogP contribution >= 0.6 is 0 Å². The topological polar surface area (TPSA) is 95.5 Å². The van der Waals surface area contributed by atoms with Crippen molar-refractivity contribution in [2.45, 2.75) is 18.9 Å². The molecule has 1 aromatic carbocycles. The van der Waals surface area contributed by atoms with E-state index in [2.05, 4.69) is 25.5 Å². The second-order valence-corrected chi connectivity index (χ2v) is 9.48. The number of hydrogen-bond donors (Lipinski definition) is 2. The number of pyridine rings is 1. The number of nitrogens with zero attached hydrogens (tertiary/aromatic N) is 5. The van der Waals surface area contributed by atoms with E-state index in [1.165, 1.54) is 12.8 Å². The molecule has 1 saturated carbocycles. The predicted molar refractivity (Wildman–Crippen MR) is 137 cm³/mol. The first-order valence-corrected chi connectivity index (χ1v) is 12.3. The van der Waals surface area contributed by atoms with Crippen LogP contribution in [0.1, 0.15) is 34.8 Å². The lowest BCUT2D eigenvalue weighted by molar-refractivity contribution is 0.0161. The molecule has 3 heterocycles. The van der Waals surface area contributed by atoms with Gasteiger partial charge in [0, 0.05) is 69.2 Å². The van der Waals surface area contributed by atoms with Gasteiger partial charge in [-0.2, -0.15) is 0 Å². The van der Waals surface area contributed by atoms with Crippen LogP contribution in [-0.4, -0.2) is 79.2 Å². The number of nitrogens with one attached hydrogen (secondary N) is 2. The number of carbonyl (C=O) groups is 1. The third-order valence-corrected chi connectivity index (χ3v) is 6.63. The summed E-state index contributed by atoms with van der Waals surface area (Å²) < 4.78 is 5.54. The lowest BCUT2D eigenvalue weighted by Crippen LogP contribution is -2.44. The van der Waals surface area contributed by atoms with Crippen molar-refractivity contribution in [3.63, 3.8) is 0 Å². The molecule has 184 valence electrons. The monoisotopic (exact) mass is 475 g/mol. The fraction of sp³-hybridized carbons (Fsp3) is 0.462. The maximum absolute atomic E-state index is 13.3. The molecule has 1 aliphatic carbocycles. The molecule has 1 amide bonds. The molecule has 1 atom stereocenters. The van der Waals surface area contributed by atoms with Gasteiger partial charge in [0.1, 0.15) is 5.82 Å². The van der Waals surface area contributed by atoms with Crippen molar-refractivity contribution >= 4 is 28.6 Å². The molecular weight excluding hydrogens is 442 g/mol. The fourth-order valence-electron chi connectivity index (χ4n) is 4.39. The molecule has 9 heteroatoms. The molecule has 2 fully saturated rings. The minimum atomic E-state index is -0.111. The van der Waals surface area contributed by atoms with Crippen LogP contribution in [0.5, 0.6) is 0 Å². The zero-order valence-corrected chi connectivity index (χ0v) is 20.4. The van der Waals surface area contributed by atoms with Crippen LogP contribution < -0.4 is 15.5 Å². The van der Waals surface area contributed by atoms with Crippen molar-refractivity contribution in [3.05, 3.63) is 53.9 Å². The Bertz CT molecular complexity index is 1160. The van der Waals surface area contributed by atoms with E-state index in [1.807, 2.05) is 61.7 Å². The molecule has 5 rings (SSSR count). The van der Waals surface area contributed by atoms with Crippen LogP contribution in [0.15, 0.2) is 42.7 Å². The van der Waals surface area contributed by atoms with Gasteiger partial charge in [-0.3, -0.25) is 9.69 Å². The Morgan fingerprint density at radius 3 is 2.63 bits per heavy atom. The molecule has 1 aliphatic heterocycles. The first-order chi connectivity index (χ1) is 17.1. The van der Waals surface area contributed by atoms with Crippen LogP contribution in [0.3, 0.4) is 0 Å². The zero-order chi connectivity index (χ0) is 24.2. The van der Waals surface area contributed by atoms with Gasteiger partial charge in [0.25, 0.3) is 5.91 Å². The molecule has 3 aromatic rings. The Labute approximate surface area is 205 Å². The van der Waals surface area contributed by atoms with Gasteiger partial charge in [-0.25, -0.2) is 15.0 Å².